The number of rotatable bonds is 2. The molecular weight excluding hydrogens is 305 g/mol. The number of nitrogens with one attached hydrogen (secondary N) is 1. The van der Waals surface area contributed by atoms with Gasteiger partial charge in [0.25, 0.3) is 0 Å². The van der Waals surface area contributed by atoms with Crippen molar-refractivity contribution in [3.05, 3.63) is 54.0 Å². The molecule has 0 bridgehead atoms. The number of hydrogen-bond donors (Lipinski definition) is 1. The van der Waals surface area contributed by atoms with Gasteiger partial charge in [0.15, 0.2) is 0 Å². The first-order valence-corrected chi connectivity index (χ1v) is 8.34. The molecule has 1 amide bonds. The van der Waals surface area contributed by atoms with E-state index in [0.717, 1.165) is 31.5 Å². The van der Waals surface area contributed by atoms with Crippen molar-refractivity contribution >= 4 is 5.91 Å². The smallest absolute Gasteiger partial charge is 0.242 e. The van der Waals surface area contributed by atoms with Crippen LogP contribution in [0.5, 0.6) is 0 Å². The summed E-state index contributed by atoms with van der Waals surface area (Å²) < 4.78 is 14.0. The third-order valence-electron chi connectivity index (χ3n) is 5.22. The molecule has 3 heterocycles. The minimum atomic E-state index is -0.435. The van der Waals surface area contributed by atoms with Gasteiger partial charge < -0.3 is 4.90 Å². The second kappa shape index (κ2) is 5.67. The van der Waals surface area contributed by atoms with E-state index in [1.165, 1.54) is 6.07 Å². The summed E-state index contributed by atoms with van der Waals surface area (Å²) in [5.74, 6) is -0.0964. The first-order valence-electron chi connectivity index (χ1n) is 8.34. The number of nitrogens with zero attached hydrogens (tertiary/aromatic N) is 2. The number of carbonyl (C=O) groups is 1. The molecule has 1 spiro atoms. The second-order valence-electron chi connectivity index (χ2n) is 6.72. The van der Waals surface area contributed by atoms with Crippen molar-refractivity contribution in [3.8, 4) is 11.3 Å². The minimum absolute atomic E-state index is 0.0344. The van der Waals surface area contributed by atoms with Crippen molar-refractivity contribution in [2.24, 2.45) is 0 Å². The summed E-state index contributed by atoms with van der Waals surface area (Å²) in [7, 11) is 1.85. The first kappa shape index (κ1) is 15.3. The lowest BCUT2D eigenvalue weighted by molar-refractivity contribution is -0.131. The molecule has 124 valence electrons. The predicted molar refractivity (Wildman–Crippen MR) is 89.7 cm³/mol. The molecule has 2 aromatic rings. The van der Waals surface area contributed by atoms with Crippen LogP contribution in [0.4, 0.5) is 4.39 Å². The lowest BCUT2D eigenvalue weighted by atomic mass is 9.96. The average molecular weight is 325 g/mol. The molecule has 2 atom stereocenters. The summed E-state index contributed by atoms with van der Waals surface area (Å²) >= 11 is 0. The zero-order valence-corrected chi connectivity index (χ0v) is 13.6. The number of hydrogen-bond acceptors (Lipinski definition) is 3. The van der Waals surface area contributed by atoms with E-state index in [2.05, 4.69) is 10.3 Å². The maximum absolute atomic E-state index is 14.0. The van der Waals surface area contributed by atoms with Crippen LogP contribution in [0, 0.1) is 5.82 Å². The van der Waals surface area contributed by atoms with Gasteiger partial charge >= 0.3 is 0 Å². The van der Waals surface area contributed by atoms with Crippen LogP contribution >= 0.6 is 0 Å². The Balaban J connectivity index is 1.62. The van der Waals surface area contributed by atoms with E-state index in [4.69, 9.17) is 0 Å². The Labute approximate surface area is 140 Å². The maximum atomic E-state index is 14.0. The summed E-state index contributed by atoms with van der Waals surface area (Å²) in [5.41, 5.74) is 1.57. The number of aromatic nitrogens is 1. The Morgan fingerprint density at radius 3 is 2.79 bits per heavy atom. The van der Waals surface area contributed by atoms with Crippen LogP contribution in [0.3, 0.4) is 0 Å². The van der Waals surface area contributed by atoms with E-state index < -0.39 is 5.54 Å². The van der Waals surface area contributed by atoms with Crippen LogP contribution in [0.1, 0.15) is 31.0 Å². The molecule has 24 heavy (non-hydrogen) atoms. The van der Waals surface area contributed by atoms with Gasteiger partial charge in [0.2, 0.25) is 5.91 Å². The van der Waals surface area contributed by atoms with Gasteiger partial charge in [0.05, 0.1) is 17.4 Å². The highest BCUT2D eigenvalue weighted by molar-refractivity contribution is 5.88. The van der Waals surface area contributed by atoms with Crippen LogP contribution < -0.4 is 5.32 Å². The normalized spacial score (nSPS) is 26.5. The Morgan fingerprint density at radius 1 is 1.21 bits per heavy atom. The van der Waals surface area contributed by atoms with Crippen molar-refractivity contribution in [2.75, 3.05) is 13.6 Å². The van der Waals surface area contributed by atoms with Gasteiger partial charge in [-0.15, -0.1) is 0 Å². The highest BCUT2D eigenvalue weighted by Gasteiger charge is 2.50. The molecule has 0 aliphatic carbocycles. The van der Waals surface area contributed by atoms with Gasteiger partial charge in [-0.25, -0.2) is 4.39 Å². The molecule has 2 saturated heterocycles. The number of pyridine rings is 1. The fourth-order valence-electron chi connectivity index (χ4n) is 3.85. The fourth-order valence-corrected chi connectivity index (χ4v) is 3.85. The van der Waals surface area contributed by atoms with Crippen LogP contribution in [0.15, 0.2) is 42.5 Å². The zero-order chi connectivity index (χ0) is 16.7. The van der Waals surface area contributed by atoms with Crippen LogP contribution in [-0.2, 0) is 4.79 Å². The number of halogens is 1. The zero-order valence-electron chi connectivity index (χ0n) is 13.6. The molecule has 1 aromatic carbocycles. The molecule has 2 aliphatic heterocycles. The summed E-state index contributed by atoms with van der Waals surface area (Å²) in [6.07, 6.45) is 2.53. The summed E-state index contributed by atoms with van der Waals surface area (Å²) in [4.78, 5) is 18.9. The quantitative estimate of drug-likeness (QED) is 0.923. The van der Waals surface area contributed by atoms with Gasteiger partial charge in [0.1, 0.15) is 11.4 Å². The summed E-state index contributed by atoms with van der Waals surface area (Å²) in [6, 6.07) is 12.4. The number of benzene rings is 1. The van der Waals surface area contributed by atoms with E-state index in [0.29, 0.717) is 11.3 Å². The van der Waals surface area contributed by atoms with Crippen molar-refractivity contribution in [1.29, 1.82) is 0 Å². The van der Waals surface area contributed by atoms with Crippen molar-refractivity contribution in [2.45, 2.75) is 30.8 Å². The highest BCUT2D eigenvalue weighted by Crippen LogP contribution is 2.38. The number of likely N-dealkylation sites (N-methyl/N-ethyl adjacent to an activating group) is 1. The van der Waals surface area contributed by atoms with Gasteiger partial charge in [-0.05, 0) is 43.5 Å². The molecule has 2 aliphatic rings. The van der Waals surface area contributed by atoms with Crippen LogP contribution in [-0.4, -0.2) is 34.9 Å². The number of carbonyl (C=O) groups excluding carboxylic acids is 1. The van der Waals surface area contributed by atoms with E-state index in [1.807, 2.05) is 31.3 Å². The van der Waals surface area contributed by atoms with E-state index >= 15 is 0 Å². The Hall–Kier alpha value is -2.27. The molecular formula is C19H20FN3O. The van der Waals surface area contributed by atoms with Gasteiger partial charge in [-0.3, -0.25) is 15.1 Å². The molecule has 2 fully saturated rings. The van der Waals surface area contributed by atoms with Crippen LogP contribution in [0.25, 0.3) is 11.3 Å². The average Bonchev–Trinajstić information content (AvgIpc) is 3.16. The lowest BCUT2D eigenvalue weighted by Crippen LogP contribution is -2.47. The number of amides is 1. The summed E-state index contributed by atoms with van der Waals surface area (Å²) in [6.45, 7) is 0.793. The molecule has 0 saturated carbocycles. The molecule has 5 heteroatoms. The third-order valence-corrected chi connectivity index (χ3v) is 5.22. The molecule has 1 N–H and O–H groups in total. The van der Waals surface area contributed by atoms with Gasteiger partial charge in [-0.1, -0.05) is 18.2 Å². The summed E-state index contributed by atoms with van der Waals surface area (Å²) in [5, 5.41) is 3.51. The Morgan fingerprint density at radius 2 is 2.04 bits per heavy atom. The van der Waals surface area contributed by atoms with Crippen molar-refractivity contribution < 1.29 is 9.18 Å². The molecule has 0 radical (unpaired) electrons. The van der Waals surface area contributed by atoms with Gasteiger partial charge in [-0.2, -0.15) is 0 Å². The topological polar surface area (TPSA) is 45.2 Å². The monoisotopic (exact) mass is 325 g/mol. The van der Waals surface area contributed by atoms with E-state index in [1.54, 1.807) is 17.0 Å². The lowest BCUT2D eigenvalue weighted by Gasteiger charge is -2.23. The van der Waals surface area contributed by atoms with Crippen molar-refractivity contribution in [1.82, 2.24) is 15.2 Å². The third kappa shape index (κ3) is 2.40. The SMILES string of the molecule is CN1CC[C@]2(CC[C@H](c3cccc(-c4ccccc4F)n3)N2)C1=O. The van der Waals surface area contributed by atoms with E-state index in [9.17, 15) is 9.18 Å². The number of likely N-dealkylation sites (tertiary alicyclic amines) is 1. The molecule has 4 rings (SSSR count). The Bertz CT molecular complexity index is 794. The minimum Gasteiger partial charge on any atom is -0.344 e. The van der Waals surface area contributed by atoms with Crippen LogP contribution in [0.2, 0.25) is 0 Å². The molecule has 0 unspecified atom stereocenters. The largest absolute Gasteiger partial charge is 0.344 e. The molecule has 4 nitrogen and oxygen atoms in total. The standard InChI is InChI=1S/C19H20FN3O/c1-23-12-11-19(18(23)24)10-9-17(22-19)16-8-4-7-15(21-16)13-5-2-3-6-14(13)20/h2-8,17,22H,9-12H2,1H3/t17-,19-/m1/s1. The highest BCUT2D eigenvalue weighted by atomic mass is 19.1. The first-order chi connectivity index (χ1) is 11.6. The van der Waals surface area contributed by atoms with E-state index in [-0.39, 0.29) is 17.8 Å². The predicted octanol–water partition coefficient (Wildman–Crippen LogP) is 2.91. The maximum Gasteiger partial charge on any atom is 0.242 e. The Kier molecular flexibility index (Phi) is 3.61. The van der Waals surface area contributed by atoms with Gasteiger partial charge in [0, 0.05) is 19.2 Å². The fraction of sp³-hybridized carbons (Fsp3) is 0.368. The molecule has 1 aromatic heterocycles. The van der Waals surface area contributed by atoms with Crippen molar-refractivity contribution in [3.63, 3.8) is 0 Å². The second-order valence-corrected chi connectivity index (χ2v) is 6.72.